The Morgan fingerprint density at radius 3 is 2.69 bits per heavy atom. The molecule has 0 fully saturated rings. The fourth-order valence-corrected chi connectivity index (χ4v) is 4.99. The summed E-state index contributed by atoms with van der Waals surface area (Å²) < 4.78 is 6.91. The summed E-state index contributed by atoms with van der Waals surface area (Å²) >= 11 is 3.15. The molecule has 0 radical (unpaired) electrons. The quantitative estimate of drug-likeness (QED) is 0.413. The van der Waals surface area contributed by atoms with Gasteiger partial charge < -0.3 is 4.52 Å². The molecule has 0 amide bonds. The monoisotopic (exact) mass is 420 g/mol. The van der Waals surface area contributed by atoms with Crippen LogP contribution in [0.5, 0.6) is 0 Å². The summed E-state index contributed by atoms with van der Waals surface area (Å²) in [5, 5.41) is 6.67. The van der Waals surface area contributed by atoms with Gasteiger partial charge in [-0.3, -0.25) is 9.36 Å². The summed E-state index contributed by atoms with van der Waals surface area (Å²) in [5.41, 5.74) is 2.85. The van der Waals surface area contributed by atoms with Crippen LogP contribution in [-0.4, -0.2) is 19.7 Å². The minimum Gasteiger partial charge on any atom is -0.334 e. The van der Waals surface area contributed by atoms with Crippen molar-refractivity contribution in [2.45, 2.75) is 20.4 Å². The van der Waals surface area contributed by atoms with E-state index in [-0.39, 0.29) is 12.1 Å². The maximum absolute atomic E-state index is 13.2. The average molecular weight is 421 g/mol. The molecule has 1 aromatic carbocycles. The summed E-state index contributed by atoms with van der Waals surface area (Å²) in [5.74, 6) is 0.875. The molecule has 4 heterocycles. The van der Waals surface area contributed by atoms with Crippen LogP contribution >= 0.6 is 22.7 Å². The van der Waals surface area contributed by atoms with Gasteiger partial charge in [0.2, 0.25) is 0 Å². The van der Waals surface area contributed by atoms with Crippen molar-refractivity contribution < 1.29 is 4.52 Å². The first-order valence-corrected chi connectivity index (χ1v) is 10.7. The van der Waals surface area contributed by atoms with Gasteiger partial charge in [-0.15, -0.1) is 22.7 Å². The third-order valence-corrected chi connectivity index (χ3v) is 6.57. The highest BCUT2D eigenvalue weighted by molar-refractivity contribution is 7.19. The molecule has 144 valence electrons. The van der Waals surface area contributed by atoms with E-state index in [0.717, 1.165) is 26.4 Å². The number of hydrogen-bond donors (Lipinski definition) is 0. The Hall–Kier alpha value is -3.10. The van der Waals surface area contributed by atoms with E-state index in [1.807, 2.05) is 42.6 Å². The number of aromatic nitrogens is 4. The summed E-state index contributed by atoms with van der Waals surface area (Å²) in [6.07, 6.45) is 1.55. The lowest BCUT2D eigenvalue weighted by Crippen LogP contribution is -2.21. The first kappa shape index (κ1) is 18.0. The van der Waals surface area contributed by atoms with Crippen molar-refractivity contribution in [2.75, 3.05) is 0 Å². The van der Waals surface area contributed by atoms with Crippen LogP contribution < -0.4 is 5.56 Å². The van der Waals surface area contributed by atoms with Crippen molar-refractivity contribution in [3.63, 3.8) is 0 Å². The molecular formula is C21H16N4O2S2. The van der Waals surface area contributed by atoms with Crippen LogP contribution in [0.2, 0.25) is 0 Å². The molecule has 4 aromatic heterocycles. The minimum atomic E-state index is -0.0982. The van der Waals surface area contributed by atoms with Crippen LogP contribution in [0.1, 0.15) is 16.3 Å². The average Bonchev–Trinajstić information content (AvgIpc) is 3.44. The van der Waals surface area contributed by atoms with Crippen molar-refractivity contribution in [3.05, 3.63) is 74.7 Å². The second-order valence-electron chi connectivity index (χ2n) is 6.80. The number of thiophene rings is 2. The lowest BCUT2D eigenvalue weighted by molar-refractivity contribution is 0.420. The number of hydrogen-bond acceptors (Lipinski definition) is 7. The molecule has 5 aromatic rings. The molecular weight excluding hydrogens is 404 g/mol. The van der Waals surface area contributed by atoms with E-state index in [4.69, 9.17) is 4.52 Å². The van der Waals surface area contributed by atoms with E-state index in [1.54, 1.807) is 17.7 Å². The van der Waals surface area contributed by atoms with E-state index in [9.17, 15) is 4.79 Å². The molecule has 0 saturated heterocycles. The molecule has 0 unspecified atom stereocenters. The van der Waals surface area contributed by atoms with Crippen molar-refractivity contribution in [2.24, 2.45) is 0 Å². The van der Waals surface area contributed by atoms with Gasteiger partial charge in [-0.25, -0.2) is 4.98 Å². The zero-order valence-electron chi connectivity index (χ0n) is 15.7. The predicted molar refractivity (Wildman–Crippen MR) is 116 cm³/mol. The normalized spacial score (nSPS) is 11.4. The lowest BCUT2D eigenvalue weighted by Gasteiger charge is -2.02. The van der Waals surface area contributed by atoms with E-state index in [2.05, 4.69) is 28.1 Å². The molecule has 0 N–H and O–H groups in total. The lowest BCUT2D eigenvalue weighted by atomic mass is 10.1. The van der Waals surface area contributed by atoms with Gasteiger partial charge in [0.1, 0.15) is 4.83 Å². The number of benzene rings is 1. The molecule has 0 aliphatic heterocycles. The van der Waals surface area contributed by atoms with Gasteiger partial charge in [0, 0.05) is 26.3 Å². The van der Waals surface area contributed by atoms with Crippen LogP contribution in [0.15, 0.2) is 57.4 Å². The molecule has 0 atom stereocenters. The Bertz CT molecular complexity index is 1380. The largest absolute Gasteiger partial charge is 0.334 e. The number of rotatable bonds is 4. The standard InChI is InChI=1S/C21H16N4O2S2/c1-12-3-6-14(7-4-12)19-23-17(24-27-19)9-25-11-22-20-18(21(25)26)15(10-28-20)16-8-5-13(2)29-16/h3-8,10-11H,9H2,1-2H3. The van der Waals surface area contributed by atoms with Gasteiger partial charge in [-0.05, 0) is 38.1 Å². The summed E-state index contributed by atoms with van der Waals surface area (Å²) in [6, 6.07) is 12.0. The molecule has 0 aliphatic carbocycles. The molecule has 0 saturated carbocycles. The van der Waals surface area contributed by atoms with Crippen molar-refractivity contribution in [1.29, 1.82) is 0 Å². The second kappa shape index (κ2) is 7.06. The Balaban J connectivity index is 1.51. The highest BCUT2D eigenvalue weighted by Crippen LogP contribution is 2.34. The smallest absolute Gasteiger partial charge is 0.263 e. The Kier molecular flexibility index (Phi) is 4.37. The topological polar surface area (TPSA) is 73.8 Å². The molecule has 0 bridgehead atoms. The van der Waals surface area contributed by atoms with Crippen LogP contribution in [-0.2, 0) is 6.54 Å². The van der Waals surface area contributed by atoms with E-state index in [1.165, 1.54) is 20.8 Å². The van der Waals surface area contributed by atoms with Crippen molar-refractivity contribution in [1.82, 2.24) is 19.7 Å². The fourth-order valence-electron chi connectivity index (χ4n) is 3.12. The molecule has 0 aliphatic rings. The van der Waals surface area contributed by atoms with Crippen molar-refractivity contribution in [3.8, 4) is 21.9 Å². The zero-order valence-corrected chi connectivity index (χ0v) is 17.4. The van der Waals surface area contributed by atoms with E-state index >= 15 is 0 Å². The Labute approximate surface area is 174 Å². The van der Waals surface area contributed by atoms with Gasteiger partial charge >= 0.3 is 0 Å². The molecule has 8 heteroatoms. The minimum absolute atomic E-state index is 0.0982. The van der Waals surface area contributed by atoms with Crippen LogP contribution in [0, 0.1) is 13.8 Å². The first-order chi connectivity index (χ1) is 14.1. The highest BCUT2D eigenvalue weighted by Gasteiger charge is 2.16. The van der Waals surface area contributed by atoms with Gasteiger partial charge in [0.15, 0.2) is 5.82 Å². The summed E-state index contributed by atoms with van der Waals surface area (Å²) in [6.45, 7) is 4.28. The van der Waals surface area contributed by atoms with Gasteiger partial charge in [0.05, 0.1) is 18.3 Å². The third-order valence-electron chi connectivity index (χ3n) is 4.64. The fraction of sp³-hybridized carbons (Fsp3) is 0.143. The Morgan fingerprint density at radius 2 is 1.93 bits per heavy atom. The SMILES string of the molecule is Cc1ccc(-c2nc(Cn3cnc4scc(-c5ccc(C)s5)c4c3=O)no2)cc1. The van der Waals surface area contributed by atoms with Crippen molar-refractivity contribution >= 4 is 32.9 Å². The van der Waals surface area contributed by atoms with Gasteiger partial charge in [-0.2, -0.15) is 4.98 Å². The molecule has 6 nitrogen and oxygen atoms in total. The van der Waals surface area contributed by atoms with Crippen LogP contribution in [0.4, 0.5) is 0 Å². The number of fused-ring (bicyclic) bond motifs is 1. The van der Waals surface area contributed by atoms with Gasteiger partial charge in [-0.1, -0.05) is 22.9 Å². The summed E-state index contributed by atoms with van der Waals surface area (Å²) in [4.78, 5) is 25.1. The molecule has 5 rings (SSSR count). The maximum Gasteiger partial charge on any atom is 0.263 e. The molecule has 29 heavy (non-hydrogen) atoms. The Morgan fingerprint density at radius 1 is 1.10 bits per heavy atom. The highest BCUT2D eigenvalue weighted by atomic mass is 32.1. The predicted octanol–water partition coefficient (Wildman–Crippen LogP) is 4.90. The number of aryl methyl sites for hydroxylation is 2. The zero-order chi connectivity index (χ0) is 20.0. The summed E-state index contributed by atoms with van der Waals surface area (Å²) in [7, 11) is 0. The second-order valence-corrected chi connectivity index (χ2v) is 8.95. The van der Waals surface area contributed by atoms with Crippen LogP contribution in [0.25, 0.3) is 32.1 Å². The third kappa shape index (κ3) is 3.30. The van der Waals surface area contributed by atoms with E-state index in [0.29, 0.717) is 17.1 Å². The van der Waals surface area contributed by atoms with Crippen LogP contribution in [0.3, 0.4) is 0 Å². The maximum atomic E-state index is 13.2. The molecule has 0 spiro atoms. The first-order valence-electron chi connectivity index (χ1n) is 9.01. The number of nitrogens with zero attached hydrogens (tertiary/aromatic N) is 4. The van der Waals surface area contributed by atoms with Gasteiger partial charge in [0.25, 0.3) is 11.4 Å². The van der Waals surface area contributed by atoms with E-state index < -0.39 is 0 Å².